The summed E-state index contributed by atoms with van der Waals surface area (Å²) in [5.74, 6) is -2.44. The van der Waals surface area contributed by atoms with Crippen molar-refractivity contribution in [2.75, 3.05) is 0 Å². The van der Waals surface area contributed by atoms with Gasteiger partial charge in [0.1, 0.15) is 5.92 Å². The standard InChI is InChI=1S/C10H7N3O4/c11-4-7(5-12)1-6-2-8(13(16)17)10(15)9(14)3-6/h2-3,7,14-15H,1H2. The predicted octanol–water partition coefficient (Wildman–Crippen LogP) is 1.21. The van der Waals surface area contributed by atoms with Gasteiger partial charge in [-0.3, -0.25) is 10.1 Å². The molecule has 2 N–H and O–H groups in total. The summed E-state index contributed by atoms with van der Waals surface area (Å²) in [6, 6.07) is 5.53. The van der Waals surface area contributed by atoms with E-state index in [2.05, 4.69) is 0 Å². The van der Waals surface area contributed by atoms with Gasteiger partial charge in [-0.05, 0) is 11.6 Å². The molecule has 86 valence electrons. The van der Waals surface area contributed by atoms with Gasteiger partial charge in [0.05, 0.1) is 17.1 Å². The molecule has 7 nitrogen and oxygen atoms in total. The Kier molecular flexibility index (Phi) is 3.48. The number of benzene rings is 1. The molecule has 1 aromatic rings. The number of rotatable bonds is 3. The first-order valence-electron chi connectivity index (χ1n) is 4.48. The van der Waals surface area contributed by atoms with Crippen molar-refractivity contribution in [2.45, 2.75) is 6.42 Å². The molecular weight excluding hydrogens is 226 g/mol. The number of phenolic OH excluding ortho intramolecular Hbond substituents is 2. The average Bonchev–Trinajstić information content (AvgIpc) is 2.29. The molecular formula is C10H7N3O4. The molecule has 0 aromatic heterocycles. The van der Waals surface area contributed by atoms with Crippen molar-refractivity contribution < 1.29 is 15.1 Å². The molecule has 0 saturated heterocycles. The summed E-state index contributed by atoms with van der Waals surface area (Å²) in [6.45, 7) is 0. The minimum Gasteiger partial charge on any atom is -0.504 e. The number of nitro groups is 1. The number of nitriles is 2. The molecule has 1 rings (SSSR count). The maximum Gasteiger partial charge on any atom is 0.314 e. The molecule has 0 amide bonds. The van der Waals surface area contributed by atoms with E-state index in [9.17, 15) is 20.3 Å². The van der Waals surface area contributed by atoms with Crippen LogP contribution in [0.3, 0.4) is 0 Å². The van der Waals surface area contributed by atoms with Gasteiger partial charge in [-0.25, -0.2) is 0 Å². The van der Waals surface area contributed by atoms with Crippen LogP contribution in [0.25, 0.3) is 0 Å². The maximum absolute atomic E-state index is 10.6. The average molecular weight is 233 g/mol. The molecule has 0 bridgehead atoms. The SMILES string of the molecule is N#CC(C#N)Cc1cc(O)c(O)c([N+](=O)[O-])c1. The zero-order valence-electron chi connectivity index (χ0n) is 8.49. The van der Waals surface area contributed by atoms with Crippen LogP contribution in [-0.2, 0) is 6.42 Å². The molecule has 0 heterocycles. The Morgan fingerprint density at radius 2 is 1.94 bits per heavy atom. The van der Waals surface area contributed by atoms with Gasteiger partial charge in [-0.15, -0.1) is 0 Å². The normalized spacial score (nSPS) is 9.59. The van der Waals surface area contributed by atoms with Crippen molar-refractivity contribution in [3.05, 3.63) is 27.8 Å². The van der Waals surface area contributed by atoms with E-state index in [1.807, 2.05) is 0 Å². The number of phenols is 2. The Morgan fingerprint density at radius 1 is 1.35 bits per heavy atom. The van der Waals surface area contributed by atoms with Gasteiger partial charge in [-0.2, -0.15) is 10.5 Å². The fourth-order valence-electron chi connectivity index (χ4n) is 1.27. The minimum absolute atomic E-state index is 0.0539. The van der Waals surface area contributed by atoms with Crippen molar-refractivity contribution in [2.24, 2.45) is 5.92 Å². The first kappa shape index (κ1) is 12.3. The lowest BCUT2D eigenvalue weighted by Gasteiger charge is -2.04. The molecule has 0 aliphatic rings. The van der Waals surface area contributed by atoms with Crippen molar-refractivity contribution in [3.63, 3.8) is 0 Å². The number of nitrogens with zero attached hydrogens (tertiary/aromatic N) is 3. The van der Waals surface area contributed by atoms with Crippen LogP contribution in [0.15, 0.2) is 12.1 Å². The summed E-state index contributed by atoms with van der Waals surface area (Å²) < 4.78 is 0. The number of nitro benzene ring substituents is 1. The molecule has 0 aliphatic heterocycles. The summed E-state index contributed by atoms with van der Waals surface area (Å²) in [6.07, 6.45) is -0.0539. The molecule has 1 aromatic carbocycles. The lowest BCUT2D eigenvalue weighted by atomic mass is 10.0. The van der Waals surface area contributed by atoms with E-state index in [4.69, 9.17) is 10.5 Å². The Balaban J connectivity index is 3.17. The number of hydrogen-bond donors (Lipinski definition) is 2. The molecule has 0 saturated carbocycles. The molecule has 17 heavy (non-hydrogen) atoms. The van der Waals surface area contributed by atoms with Crippen molar-refractivity contribution >= 4 is 5.69 Å². The quantitative estimate of drug-likeness (QED) is 0.458. The van der Waals surface area contributed by atoms with Crippen molar-refractivity contribution in [1.82, 2.24) is 0 Å². The van der Waals surface area contributed by atoms with Gasteiger partial charge in [-0.1, -0.05) is 0 Å². The van der Waals surface area contributed by atoms with E-state index >= 15 is 0 Å². The number of hydrogen-bond acceptors (Lipinski definition) is 6. The Labute approximate surface area is 95.9 Å². The highest BCUT2D eigenvalue weighted by atomic mass is 16.6. The van der Waals surface area contributed by atoms with Crippen molar-refractivity contribution in [1.29, 1.82) is 10.5 Å². The van der Waals surface area contributed by atoms with Crippen LogP contribution in [0, 0.1) is 38.7 Å². The summed E-state index contributed by atoms with van der Waals surface area (Å²) in [5.41, 5.74) is -0.422. The Hall–Kier alpha value is -2.80. The van der Waals surface area contributed by atoms with E-state index < -0.39 is 28.0 Å². The predicted molar refractivity (Wildman–Crippen MR) is 54.8 cm³/mol. The van der Waals surface area contributed by atoms with Gasteiger partial charge in [0.2, 0.25) is 5.75 Å². The van der Waals surface area contributed by atoms with E-state index in [1.54, 1.807) is 12.1 Å². The van der Waals surface area contributed by atoms with Crippen LogP contribution in [-0.4, -0.2) is 15.1 Å². The van der Waals surface area contributed by atoms with E-state index in [1.165, 1.54) is 0 Å². The first-order chi connectivity index (χ1) is 7.99. The third kappa shape index (κ3) is 2.61. The van der Waals surface area contributed by atoms with E-state index in [0.29, 0.717) is 0 Å². The van der Waals surface area contributed by atoms with Gasteiger partial charge in [0.25, 0.3) is 0 Å². The van der Waals surface area contributed by atoms with E-state index in [-0.39, 0.29) is 12.0 Å². The zero-order chi connectivity index (χ0) is 13.0. The second kappa shape index (κ2) is 4.81. The second-order valence-corrected chi connectivity index (χ2v) is 3.25. The lowest BCUT2D eigenvalue weighted by molar-refractivity contribution is -0.386. The molecule has 7 heteroatoms. The van der Waals surface area contributed by atoms with Crippen LogP contribution in [0.4, 0.5) is 5.69 Å². The van der Waals surface area contributed by atoms with Gasteiger partial charge >= 0.3 is 5.69 Å². The maximum atomic E-state index is 10.6. The molecule has 0 atom stereocenters. The summed E-state index contributed by atoms with van der Waals surface area (Å²) in [4.78, 5) is 9.70. The van der Waals surface area contributed by atoms with Gasteiger partial charge in [0, 0.05) is 12.5 Å². The highest BCUT2D eigenvalue weighted by Gasteiger charge is 2.20. The smallest absolute Gasteiger partial charge is 0.314 e. The first-order valence-corrected chi connectivity index (χ1v) is 4.48. The molecule has 0 spiro atoms. The lowest BCUT2D eigenvalue weighted by Crippen LogP contribution is -1.99. The largest absolute Gasteiger partial charge is 0.504 e. The summed E-state index contributed by atoms with van der Waals surface area (Å²) >= 11 is 0. The van der Waals surface area contributed by atoms with Crippen molar-refractivity contribution in [3.8, 4) is 23.6 Å². The zero-order valence-corrected chi connectivity index (χ0v) is 8.49. The third-order valence-corrected chi connectivity index (χ3v) is 2.08. The highest BCUT2D eigenvalue weighted by Crippen LogP contribution is 2.36. The third-order valence-electron chi connectivity index (χ3n) is 2.08. The fraction of sp³-hybridized carbons (Fsp3) is 0.200. The van der Waals surface area contributed by atoms with Crippen LogP contribution < -0.4 is 0 Å². The summed E-state index contributed by atoms with van der Waals surface area (Å²) in [5, 5.41) is 46.2. The second-order valence-electron chi connectivity index (χ2n) is 3.25. The monoisotopic (exact) mass is 233 g/mol. The Morgan fingerprint density at radius 3 is 2.41 bits per heavy atom. The van der Waals surface area contributed by atoms with Crippen LogP contribution >= 0.6 is 0 Å². The molecule has 0 fully saturated rings. The minimum atomic E-state index is -0.960. The molecule has 0 aliphatic carbocycles. The highest BCUT2D eigenvalue weighted by molar-refractivity contribution is 5.56. The summed E-state index contributed by atoms with van der Waals surface area (Å²) in [7, 11) is 0. The van der Waals surface area contributed by atoms with Crippen LogP contribution in [0.5, 0.6) is 11.5 Å². The molecule has 0 unspecified atom stereocenters. The number of aromatic hydroxyl groups is 2. The Bertz CT molecular complexity index is 528. The topological polar surface area (TPSA) is 131 Å². The van der Waals surface area contributed by atoms with Gasteiger partial charge < -0.3 is 10.2 Å². The van der Waals surface area contributed by atoms with Crippen LogP contribution in [0.2, 0.25) is 0 Å². The van der Waals surface area contributed by atoms with Crippen LogP contribution in [0.1, 0.15) is 5.56 Å². The van der Waals surface area contributed by atoms with E-state index in [0.717, 1.165) is 12.1 Å². The molecule has 0 radical (unpaired) electrons. The van der Waals surface area contributed by atoms with Gasteiger partial charge in [0.15, 0.2) is 5.75 Å². The fourth-order valence-corrected chi connectivity index (χ4v) is 1.27.